The Morgan fingerprint density at radius 3 is 2.36 bits per heavy atom. The molecule has 2 aliphatic heterocycles. The van der Waals surface area contributed by atoms with Crippen molar-refractivity contribution < 1.29 is 27.5 Å². The molecule has 44 heavy (non-hydrogen) atoms. The van der Waals surface area contributed by atoms with Gasteiger partial charge in [-0.15, -0.1) is 0 Å². The number of thiocarbonyl (C=S) groups is 1. The van der Waals surface area contributed by atoms with E-state index >= 15 is 0 Å². The molecule has 4 rings (SSSR count). The molecule has 0 radical (unpaired) electrons. The van der Waals surface area contributed by atoms with Crippen molar-refractivity contribution in [3.05, 3.63) is 53.1 Å². The highest BCUT2D eigenvalue weighted by Gasteiger charge is 2.51. The molecule has 2 amide bonds. The summed E-state index contributed by atoms with van der Waals surface area (Å²) in [6.45, 7) is 12.4. The van der Waals surface area contributed by atoms with Crippen molar-refractivity contribution in [3.63, 3.8) is 0 Å². The Bertz CT molecular complexity index is 1490. The number of anilines is 2. The van der Waals surface area contributed by atoms with Crippen LogP contribution in [0.5, 0.6) is 5.75 Å². The van der Waals surface area contributed by atoms with E-state index in [1.54, 1.807) is 30.9 Å². The Labute approximate surface area is 260 Å². The summed E-state index contributed by atoms with van der Waals surface area (Å²) in [4.78, 5) is 32.1. The van der Waals surface area contributed by atoms with Gasteiger partial charge in [-0.2, -0.15) is 18.4 Å². The third-order valence-electron chi connectivity index (χ3n) is 8.28. The average molecular weight is 631 g/mol. The molecule has 2 heterocycles. The van der Waals surface area contributed by atoms with Crippen molar-refractivity contribution in [2.24, 2.45) is 5.73 Å². The molecule has 2 N–H and O–H groups in total. The summed E-state index contributed by atoms with van der Waals surface area (Å²) < 4.78 is 47.2. The first-order valence-electron chi connectivity index (χ1n) is 14.4. The van der Waals surface area contributed by atoms with E-state index in [1.807, 2.05) is 19.1 Å². The molecule has 2 saturated heterocycles. The van der Waals surface area contributed by atoms with Crippen molar-refractivity contribution in [1.82, 2.24) is 9.80 Å². The number of rotatable bonds is 9. The summed E-state index contributed by atoms with van der Waals surface area (Å²) >= 11 is 5.68. The maximum Gasteiger partial charge on any atom is 0.417 e. The van der Waals surface area contributed by atoms with Crippen LogP contribution in [-0.2, 0) is 22.2 Å². The van der Waals surface area contributed by atoms with Gasteiger partial charge < -0.3 is 15.4 Å². The van der Waals surface area contributed by atoms with Crippen LogP contribution >= 0.6 is 12.2 Å². The minimum atomic E-state index is -4.78. The van der Waals surface area contributed by atoms with Gasteiger partial charge in [-0.3, -0.25) is 24.3 Å². The van der Waals surface area contributed by atoms with E-state index in [9.17, 15) is 28.0 Å². The number of piperazine rings is 1. The van der Waals surface area contributed by atoms with Crippen LogP contribution in [0.3, 0.4) is 0 Å². The molecule has 9 nitrogen and oxygen atoms in total. The minimum Gasteiger partial charge on any atom is -0.492 e. The van der Waals surface area contributed by atoms with Gasteiger partial charge >= 0.3 is 6.18 Å². The van der Waals surface area contributed by atoms with E-state index in [0.29, 0.717) is 31.0 Å². The largest absolute Gasteiger partial charge is 0.492 e. The maximum absolute atomic E-state index is 13.7. The molecule has 2 aromatic rings. The number of benzene rings is 2. The zero-order chi connectivity index (χ0) is 32.6. The predicted molar refractivity (Wildman–Crippen MR) is 165 cm³/mol. The van der Waals surface area contributed by atoms with Crippen LogP contribution in [0.2, 0.25) is 0 Å². The van der Waals surface area contributed by atoms with Gasteiger partial charge in [0.1, 0.15) is 17.9 Å². The number of nitrogens with zero attached hydrogens (tertiary/aromatic N) is 5. The van der Waals surface area contributed by atoms with Gasteiger partial charge in [0.2, 0.25) is 5.91 Å². The molecule has 2 fully saturated rings. The van der Waals surface area contributed by atoms with Crippen molar-refractivity contribution >= 4 is 40.5 Å². The van der Waals surface area contributed by atoms with E-state index in [1.165, 1.54) is 6.07 Å². The van der Waals surface area contributed by atoms with E-state index in [0.717, 1.165) is 35.7 Å². The lowest BCUT2D eigenvalue weighted by atomic mass is 10.0. The van der Waals surface area contributed by atoms with Gasteiger partial charge in [0.15, 0.2) is 5.11 Å². The number of halogens is 3. The molecule has 0 saturated carbocycles. The first-order chi connectivity index (χ1) is 20.6. The van der Waals surface area contributed by atoms with E-state index in [4.69, 9.17) is 22.7 Å². The Morgan fingerprint density at radius 2 is 1.75 bits per heavy atom. The number of primary amides is 1. The summed E-state index contributed by atoms with van der Waals surface area (Å²) in [5.74, 6) is -0.133. The van der Waals surface area contributed by atoms with Crippen molar-refractivity contribution in [2.75, 3.05) is 42.6 Å². The lowest BCUT2D eigenvalue weighted by Crippen LogP contribution is -2.58. The number of alkyl halides is 3. The molecule has 0 spiro atoms. The van der Waals surface area contributed by atoms with Gasteiger partial charge in [-0.25, -0.2) is 0 Å². The minimum absolute atomic E-state index is 0.0344. The lowest BCUT2D eigenvalue weighted by Gasteiger charge is -2.43. The molecule has 0 aliphatic carbocycles. The quantitative estimate of drug-likeness (QED) is 0.409. The van der Waals surface area contributed by atoms with Crippen LogP contribution in [0.1, 0.15) is 51.3 Å². The monoisotopic (exact) mass is 630 g/mol. The highest BCUT2D eigenvalue weighted by atomic mass is 32.1. The van der Waals surface area contributed by atoms with Crippen molar-refractivity contribution in [1.29, 1.82) is 5.26 Å². The molecule has 0 bridgehead atoms. The zero-order valence-electron chi connectivity index (χ0n) is 25.4. The van der Waals surface area contributed by atoms with Crippen LogP contribution in [0.4, 0.5) is 24.5 Å². The number of hydrogen-bond acceptors (Lipinski definition) is 7. The lowest BCUT2D eigenvalue weighted by molar-refractivity contribution is -0.137. The van der Waals surface area contributed by atoms with E-state index in [2.05, 4.69) is 23.6 Å². The van der Waals surface area contributed by atoms with Gasteiger partial charge in [0.25, 0.3) is 5.91 Å². The fourth-order valence-corrected chi connectivity index (χ4v) is 6.38. The normalized spacial score (nSPS) is 21.1. The van der Waals surface area contributed by atoms with Crippen LogP contribution in [-0.4, -0.2) is 77.1 Å². The van der Waals surface area contributed by atoms with Gasteiger partial charge in [0, 0.05) is 37.4 Å². The Kier molecular flexibility index (Phi) is 9.58. The molecule has 0 aromatic heterocycles. The SMILES string of the molecule is CCc1cc(N2C(=S)N(c3ccc(C#N)c(C(F)(F)F)c3)C(=O)C2(C)C)ccc1OCCN1C[C@@H](C)N(CC(N)=O)C[C@H]1C. The zero-order valence-corrected chi connectivity index (χ0v) is 26.3. The molecule has 236 valence electrons. The number of hydrogen-bond donors (Lipinski definition) is 1. The van der Waals surface area contributed by atoms with Crippen LogP contribution in [0.15, 0.2) is 36.4 Å². The molecule has 0 unspecified atom stereocenters. The van der Waals surface area contributed by atoms with Crippen molar-refractivity contribution in [2.45, 2.75) is 64.8 Å². The first-order valence-corrected chi connectivity index (χ1v) is 14.8. The van der Waals surface area contributed by atoms with Crippen LogP contribution in [0, 0.1) is 11.3 Å². The topological polar surface area (TPSA) is 106 Å². The summed E-state index contributed by atoms with van der Waals surface area (Å²) in [5.41, 5.74) is 3.97. The molecule has 2 atom stereocenters. The Morgan fingerprint density at radius 1 is 1.11 bits per heavy atom. The second-order valence-electron chi connectivity index (χ2n) is 11.7. The highest BCUT2D eigenvalue weighted by molar-refractivity contribution is 7.81. The van der Waals surface area contributed by atoms with Crippen molar-refractivity contribution in [3.8, 4) is 11.8 Å². The number of ether oxygens (including phenoxy) is 1. The van der Waals surface area contributed by atoms with Crippen LogP contribution in [0.25, 0.3) is 0 Å². The number of nitrogens with two attached hydrogens (primary N) is 1. The van der Waals surface area contributed by atoms with Gasteiger partial charge in [0.05, 0.1) is 29.4 Å². The second-order valence-corrected chi connectivity index (χ2v) is 12.1. The smallest absolute Gasteiger partial charge is 0.417 e. The standard InChI is InChI=1S/C31H37F3N6O3S/c1-6-21-13-24(9-10-26(21)43-12-11-37-16-20(3)38(17-19(37)2)18-27(36)41)40-29(44)39(28(42)30(40,4)5)23-8-7-22(15-35)25(14-23)31(32,33)34/h7-10,13-14,19-20H,6,11-12,16-18H2,1-5H3,(H2,36,41)/t19-,20-/m1/s1. The third-order valence-corrected chi connectivity index (χ3v) is 8.64. The average Bonchev–Trinajstić information content (AvgIpc) is 3.13. The maximum atomic E-state index is 13.7. The second kappa shape index (κ2) is 12.7. The fourth-order valence-electron chi connectivity index (χ4n) is 5.86. The number of amides is 2. The van der Waals surface area contributed by atoms with E-state index < -0.39 is 28.7 Å². The van der Waals surface area contributed by atoms with E-state index in [-0.39, 0.29) is 35.3 Å². The number of carbonyl (C=O) groups excluding carboxylic acids is 2. The predicted octanol–water partition coefficient (Wildman–Crippen LogP) is 4.31. The molecular weight excluding hydrogens is 593 g/mol. The summed E-state index contributed by atoms with van der Waals surface area (Å²) in [6.07, 6.45) is -4.15. The van der Waals surface area contributed by atoms with Gasteiger partial charge in [-0.1, -0.05) is 6.92 Å². The summed E-state index contributed by atoms with van der Waals surface area (Å²) in [5, 5.41) is 9.21. The number of nitriles is 1. The molecular formula is C31H37F3N6O3S. The Hall–Kier alpha value is -3.73. The number of carbonyl (C=O) groups is 2. The molecule has 2 aliphatic rings. The molecule has 2 aromatic carbocycles. The third kappa shape index (κ3) is 6.52. The molecule has 13 heteroatoms. The first kappa shape index (κ1) is 33.2. The fraction of sp³-hybridized carbons (Fsp3) is 0.484. The highest BCUT2D eigenvalue weighted by Crippen LogP contribution is 2.40. The Balaban J connectivity index is 1.51. The number of aryl methyl sites for hydroxylation is 1. The summed E-state index contributed by atoms with van der Waals surface area (Å²) in [6, 6.07) is 10.6. The van der Waals surface area contributed by atoms with Gasteiger partial charge in [-0.05, 0) is 88.3 Å². The summed E-state index contributed by atoms with van der Waals surface area (Å²) in [7, 11) is 0. The van der Waals surface area contributed by atoms with Crippen LogP contribution < -0.4 is 20.3 Å².